The van der Waals surface area contributed by atoms with Gasteiger partial charge in [0.15, 0.2) is 0 Å². The first-order valence-corrected chi connectivity index (χ1v) is 14.9. The molecule has 1 aromatic rings. The van der Waals surface area contributed by atoms with Crippen LogP contribution in [-0.2, 0) is 9.53 Å². The normalized spacial score (nSPS) is 40.8. The van der Waals surface area contributed by atoms with Gasteiger partial charge in [-0.15, -0.1) is 0 Å². The molecule has 0 spiro atoms. The highest BCUT2D eigenvalue weighted by Crippen LogP contribution is 2.68. The van der Waals surface area contributed by atoms with Gasteiger partial charge in [-0.05, 0) is 128 Å². The molecule has 4 saturated carbocycles. The van der Waals surface area contributed by atoms with Gasteiger partial charge in [-0.1, -0.05) is 20.8 Å². The quantitative estimate of drug-likeness (QED) is 0.407. The number of carbonyl (C=O) groups excluding carboxylic acids is 2. The van der Waals surface area contributed by atoms with E-state index in [1.54, 1.807) is 24.3 Å². The summed E-state index contributed by atoms with van der Waals surface area (Å²) in [5, 5.41) is 24.7. The predicted octanol–water partition coefficient (Wildman–Crippen LogP) is 5.82. The Labute approximate surface area is 227 Å². The fourth-order valence-corrected chi connectivity index (χ4v) is 9.77. The van der Waals surface area contributed by atoms with E-state index in [0.29, 0.717) is 53.2 Å². The molecule has 6 heteroatoms. The summed E-state index contributed by atoms with van der Waals surface area (Å²) in [5.74, 6) is 2.57. The third-order valence-electron chi connectivity index (χ3n) is 11.8. The zero-order valence-electron chi connectivity index (χ0n) is 23.6. The number of carbonyl (C=O) groups is 2. The highest BCUT2D eigenvalue weighted by atomic mass is 16.5. The number of benzene rings is 1. The fourth-order valence-electron chi connectivity index (χ4n) is 9.77. The van der Waals surface area contributed by atoms with Crippen LogP contribution < -0.4 is 5.32 Å². The van der Waals surface area contributed by atoms with E-state index in [1.165, 1.54) is 32.8 Å². The van der Waals surface area contributed by atoms with Crippen molar-refractivity contribution in [2.24, 2.45) is 46.3 Å². The summed E-state index contributed by atoms with van der Waals surface area (Å²) < 4.78 is 4.73. The first kappa shape index (κ1) is 27.6. The van der Waals surface area contributed by atoms with Crippen LogP contribution in [0.15, 0.2) is 24.3 Å². The van der Waals surface area contributed by atoms with E-state index in [4.69, 9.17) is 4.74 Å². The van der Waals surface area contributed by atoms with Gasteiger partial charge in [0.2, 0.25) is 5.91 Å². The number of methoxy groups -OCH3 is 1. The lowest BCUT2D eigenvalue weighted by atomic mass is 9.43. The largest absolute Gasteiger partial charge is 0.465 e. The van der Waals surface area contributed by atoms with Gasteiger partial charge in [0, 0.05) is 12.1 Å². The fraction of sp³-hybridized carbons (Fsp3) is 0.750. The van der Waals surface area contributed by atoms with Crippen molar-refractivity contribution in [3.8, 4) is 0 Å². The number of esters is 1. The Balaban J connectivity index is 1.20. The number of fused-ring (bicyclic) bond motifs is 5. The molecule has 0 heterocycles. The average molecular weight is 526 g/mol. The topological polar surface area (TPSA) is 95.9 Å². The first-order valence-electron chi connectivity index (χ1n) is 14.9. The van der Waals surface area contributed by atoms with Crippen LogP contribution in [0.3, 0.4) is 0 Å². The van der Waals surface area contributed by atoms with Gasteiger partial charge in [-0.3, -0.25) is 4.79 Å². The number of aliphatic hydroxyl groups excluding tert-OH is 2. The lowest BCUT2D eigenvalue weighted by Crippen LogP contribution is -2.58. The van der Waals surface area contributed by atoms with Crippen molar-refractivity contribution < 1.29 is 24.5 Å². The van der Waals surface area contributed by atoms with Gasteiger partial charge in [0.05, 0.1) is 24.9 Å². The average Bonchev–Trinajstić information content (AvgIpc) is 3.25. The molecule has 10 atom stereocenters. The van der Waals surface area contributed by atoms with Crippen LogP contribution in [0.4, 0.5) is 5.69 Å². The zero-order valence-corrected chi connectivity index (χ0v) is 23.6. The Morgan fingerprint density at radius 3 is 2.39 bits per heavy atom. The summed E-state index contributed by atoms with van der Waals surface area (Å²) in [6, 6.07) is 6.81. The molecule has 1 aromatic carbocycles. The summed E-state index contributed by atoms with van der Waals surface area (Å²) in [5.41, 5.74) is 1.63. The minimum absolute atomic E-state index is 0.00670. The highest BCUT2D eigenvalue weighted by Gasteiger charge is 2.62. The summed E-state index contributed by atoms with van der Waals surface area (Å²) in [6.45, 7) is 7.27. The van der Waals surface area contributed by atoms with E-state index in [2.05, 4.69) is 26.1 Å². The van der Waals surface area contributed by atoms with Crippen molar-refractivity contribution in [1.82, 2.24) is 0 Å². The molecule has 3 N–H and O–H groups in total. The molecule has 4 aliphatic carbocycles. The Kier molecular flexibility index (Phi) is 7.69. The second-order valence-corrected chi connectivity index (χ2v) is 13.6. The number of amides is 1. The van der Waals surface area contributed by atoms with E-state index in [9.17, 15) is 19.8 Å². The van der Waals surface area contributed by atoms with Gasteiger partial charge in [0.25, 0.3) is 0 Å². The second-order valence-electron chi connectivity index (χ2n) is 13.6. The van der Waals surface area contributed by atoms with Crippen LogP contribution in [-0.4, -0.2) is 41.4 Å². The van der Waals surface area contributed by atoms with Crippen LogP contribution in [0, 0.1) is 46.3 Å². The third kappa shape index (κ3) is 4.81. The number of hydrogen-bond donors (Lipinski definition) is 3. The first-order chi connectivity index (χ1) is 18.1. The molecule has 38 heavy (non-hydrogen) atoms. The molecular weight excluding hydrogens is 478 g/mol. The minimum atomic E-state index is -0.388. The number of nitrogens with one attached hydrogen (secondary N) is 1. The van der Waals surface area contributed by atoms with E-state index >= 15 is 0 Å². The zero-order chi connectivity index (χ0) is 27.2. The Bertz CT molecular complexity index is 1030. The smallest absolute Gasteiger partial charge is 0.337 e. The van der Waals surface area contributed by atoms with E-state index in [0.717, 1.165) is 32.1 Å². The van der Waals surface area contributed by atoms with Crippen LogP contribution in [0.5, 0.6) is 0 Å². The second kappa shape index (κ2) is 10.6. The highest BCUT2D eigenvalue weighted by molar-refractivity contribution is 5.93. The van der Waals surface area contributed by atoms with Crippen molar-refractivity contribution in [2.45, 2.75) is 97.2 Å². The van der Waals surface area contributed by atoms with E-state index in [-0.39, 0.29) is 34.9 Å². The molecule has 0 aromatic heterocycles. The third-order valence-corrected chi connectivity index (χ3v) is 11.8. The number of hydrogen-bond acceptors (Lipinski definition) is 5. The van der Waals surface area contributed by atoms with Crippen molar-refractivity contribution in [1.29, 1.82) is 0 Å². The Hall–Kier alpha value is -1.92. The van der Waals surface area contributed by atoms with Crippen LogP contribution >= 0.6 is 0 Å². The molecule has 6 nitrogen and oxygen atoms in total. The number of rotatable bonds is 6. The molecule has 1 amide bonds. The van der Waals surface area contributed by atoms with Crippen molar-refractivity contribution >= 4 is 17.6 Å². The maximum atomic E-state index is 12.7. The van der Waals surface area contributed by atoms with E-state index < -0.39 is 0 Å². The maximum absolute atomic E-state index is 12.7. The number of anilines is 1. The summed E-state index contributed by atoms with van der Waals surface area (Å²) in [6.07, 6.45) is 9.37. The molecule has 0 radical (unpaired) electrons. The SMILES string of the molecule is COC(=O)c1ccc(NC(=O)CC[C@@H](C)[C@H]2CC[C@H]3[C@@H]4[C@@H](O)C[C@@H]5C[C@H](O)CC[C@]5(C)[C@H]4CC[C@]23C)cc1. The Morgan fingerprint density at radius 1 is 1.00 bits per heavy atom. The molecule has 4 fully saturated rings. The summed E-state index contributed by atoms with van der Waals surface area (Å²) in [4.78, 5) is 24.4. The lowest BCUT2D eigenvalue weighted by Gasteiger charge is -2.62. The molecular formula is C32H47NO5. The maximum Gasteiger partial charge on any atom is 0.337 e. The van der Waals surface area contributed by atoms with Gasteiger partial charge < -0.3 is 20.3 Å². The predicted molar refractivity (Wildman–Crippen MR) is 147 cm³/mol. The van der Waals surface area contributed by atoms with Crippen molar-refractivity contribution in [2.75, 3.05) is 12.4 Å². The van der Waals surface area contributed by atoms with E-state index in [1.807, 2.05) is 0 Å². The number of aliphatic hydroxyl groups is 2. The minimum Gasteiger partial charge on any atom is -0.465 e. The monoisotopic (exact) mass is 525 g/mol. The summed E-state index contributed by atoms with van der Waals surface area (Å²) >= 11 is 0. The molecule has 5 rings (SSSR count). The Morgan fingerprint density at radius 2 is 1.68 bits per heavy atom. The standard InChI is InChI=1S/C32H47NO5/c1-19(5-12-28(36)33-22-8-6-20(7-9-22)30(37)38-4)24-10-11-25-29-26(14-16-32(24,25)3)31(2)15-13-23(34)17-21(31)18-27(29)35/h6-9,19,21,23-27,29,34-35H,5,10-18H2,1-4H3,(H,33,36)/t19-,21+,23-,24-,25+,26+,27+,29+,31+,32-/m1/s1. The van der Waals surface area contributed by atoms with Crippen molar-refractivity contribution in [3.63, 3.8) is 0 Å². The molecule has 210 valence electrons. The van der Waals surface area contributed by atoms with Crippen molar-refractivity contribution in [3.05, 3.63) is 29.8 Å². The van der Waals surface area contributed by atoms with Gasteiger partial charge in [-0.2, -0.15) is 0 Å². The van der Waals surface area contributed by atoms with Crippen LogP contribution in [0.1, 0.15) is 95.3 Å². The molecule has 4 aliphatic rings. The number of ether oxygens (including phenoxy) is 1. The van der Waals surface area contributed by atoms with Crippen LogP contribution in [0.25, 0.3) is 0 Å². The van der Waals surface area contributed by atoms with Gasteiger partial charge in [-0.25, -0.2) is 4.79 Å². The summed E-state index contributed by atoms with van der Waals surface area (Å²) in [7, 11) is 1.35. The van der Waals surface area contributed by atoms with Crippen LogP contribution in [0.2, 0.25) is 0 Å². The molecule has 0 saturated heterocycles. The van der Waals surface area contributed by atoms with Gasteiger partial charge in [0.1, 0.15) is 0 Å². The molecule has 0 aliphatic heterocycles. The molecule has 0 unspecified atom stereocenters. The lowest BCUT2D eigenvalue weighted by molar-refractivity contribution is -0.174. The molecule has 0 bridgehead atoms. The van der Waals surface area contributed by atoms with Gasteiger partial charge >= 0.3 is 5.97 Å².